The van der Waals surface area contributed by atoms with Crippen molar-refractivity contribution in [2.24, 2.45) is 0 Å². The van der Waals surface area contributed by atoms with E-state index < -0.39 is 10.0 Å². The molecule has 152 valence electrons. The number of nitrogens with one attached hydrogen (secondary N) is 1. The molecule has 0 amide bonds. The summed E-state index contributed by atoms with van der Waals surface area (Å²) in [6.45, 7) is 3.97. The van der Waals surface area contributed by atoms with Crippen LogP contribution in [0.25, 0.3) is 0 Å². The zero-order chi connectivity index (χ0) is 20.1. The Bertz CT molecular complexity index is 865. The number of piperazine rings is 1. The molecule has 1 aliphatic heterocycles. The van der Waals surface area contributed by atoms with Crippen LogP contribution in [0.3, 0.4) is 0 Å². The molecule has 28 heavy (non-hydrogen) atoms. The predicted octanol–water partition coefficient (Wildman–Crippen LogP) is 2.62. The van der Waals surface area contributed by atoms with E-state index in [1.165, 1.54) is 12.1 Å². The fraction of sp³-hybridized carbons (Fsp3) is 0.400. The molecule has 1 heterocycles. The van der Waals surface area contributed by atoms with E-state index >= 15 is 0 Å². The number of likely N-dealkylation sites (N-methyl/N-ethyl adjacent to an activating group) is 1. The van der Waals surface area contributed by atoms with Crippen molar-refractivity contribution in [3.63, 3.8) is 0 Å². The minimum Gasteiger partial charge on any atom is -0.497 e. The Morgan fingerprint density at radius 2 is 1.64 bits per heavy atom. The molecular formula is C20H26ClN3O3S. The lowest BCUT2D eigenvalue weighted by Crippen LogP contribution is -2.48. The fourth-order valence-electron chi connectivity index (χ4n) is 3.30. The van der Waals surface area contributed by atoms with Crippen LogP contribution in [0.1, 0.15) is 11.6 Å². The summed E-state index contributed by atoms with van der Waals surface area (Å²) >= 11 is 5.87. The summed E-state index contributed by atoms with van der Waals surface area (Å²) in [6.07, 6.45) is 0. The molecule has 0 radical (unpaired) electrons. The Balaban J connectivity index is 1.79. The van der Waals surface area contributed by atoms with Gasteiger partial charge in [0.05, 0.1) is 12.0 Å². The lowest BCUT2D eigenvalue weighted by atomic mass is 10.0. The average Bonchev–Trinajstić information content (AvgIpc) is 2.70. The molecule has 1 aliphatic rings. The number of hydrogen-bond acceptors (Lipinski definition) is 5. The standard InChI is InChI=1S/C20H26ClN3O3S/c1-23-11-13-24(14-12-23)20(16-3-7-18(27-2)8-4-16)15-22-28(25,26)19-9-5-17(21)6-10-19/h3-10,20,22H,11-15H2,1-2H3/t20-/m1/s1. The van der Waals surface area contributed by atoms with Gasteiger partial charge >= 0.3 is 0 Å². The summed E-state index contributed by atoms with van der Waals surface area (Å²) in [5.41, 5.74) is 1.06. The molecule has 0 bridgehead atoms. The molecular weight excluding hydrogens is 398 g/mol. The molecule has 0 unspecified atom stereocenters. The Labute approximate surface area is 172 Å². The van der Waals surface area contributed by atoms with Crippen molar-refractivity contribution in [3.05, 3.63) is 59.1 Å². The van der Waals surface area contributed by atoms with Crippen molar-refractivity contribution < 1.29 is 13.2 Å². The average molecular weight is 424 g/mol. The number of hydrogen-bond donors (Lipinski definition) is 1. The Kier molecular flexibility index (Phi) is 6.95. The van der Waals surface area contributed by atoms with E-state index in [2.05, 4.69) is 21.6 Å². The van der Waals surface area contributed by atoms with Gasteiger partial charge in [-0.25, -0.2) is 13.1 Å². The maximum Gasteiger partial charge on any atom is 0.240 e. The van der Waals surface area contributed by atoms with Gasteiger partial charge in [0.15, 0.2) is 0 Å². The summed E-state index contributed by atoms with van der Waals surface area (Å²) < 4.78 is 33.4. The predicted molar refractivity (Wildman–Crippen MR) is 111 cm³/mol. The first-order chi connectivity index (χ1) is 13.4. The van der Waals surface area contributed by atoms with Crippen molar-refractivity contribution in [2.75, 3.05) is 46.9 Å². The first-order valence-corrected chi connectivity index (χ1v) is 11.1. The van der Waals surface area contributed by atoms with Crippen LogP contribution in [-0.2, 0) is 10.0 Å². The van der Waals surface area contributed by atoms with Gasteiger partial charge in [0.25, 0.3) is 0 Å². The quantitative estimate of drug-likeness (QED) is 0.741. The van der Waals surface area contributed by atoms with Crippen LogP contribution in [-0.4, -0.2) is 65.1 Å². The third kappa shape index (κ3) is 5.24. The molecule has 3 rings (SSSR count). The number of ether oxygens (including phenoxy) is 1. The van der Waals surface area contributed by atoms with Gasteiger partial charge < -0.3 is 9.64 Å². The molecule has 1 atom stereocenters. The van der Waals surface area contributed by atoms with Crippen molar-refractivity contribution in [2.45, 2.75) is 10.9 Å². The summed E-state index contributed by atoms with van der Waals surface area (Å²) in [4.78, 5) is 4.81. The van der Waals surface area contributed by atoms with Gasteiger partial charge in [0, 0.05) is 43.8 Å². The van der Waals surface area contributed by atoms with Crippen LogP contribution >= 0.6 is 11.6 Å². The highest BCUT2D eigenvalue weighted by Crippen LogP contribution is 2.24. The van der Waals surface area contributed by atoms with Crippen molar-refractivity contribution in [1.29, 1.82) is 0 Å². The van der Waals surface area contributed by atoms with E-state index in [9.17, 15) is 8.42 Å². The highest BCUT2D eigenvalue weighted by Gasteiger charge is 2.26. The summed E-state index contributed by atoms with van der Waals surface area (Å²) in [5.74, 6) is 0.780. The molecule has 1 fully saturated rings. The monoisotopic (exact) mass is 423 g/mol. The molecule has 0 aliphatic carbocycles. The van der Waals surface area contributed by atoms with Crippen molar-refractivity contribution in [1.82, 2.24) is 14.5 Å². The number of benzene rings is 2. The Hall–Kier alpha value is -1.64. The van der Waals surface area contributed by atoms with Crippen LogP contribution in [0, 0.1) is 0 Å². The number of sulfonamides is 1. The van der Waals surface area contributed by atoms with Gasteiger partial charge in [-0.3, -0.25) is 4.90 Å². The lowest BCUT2D eigenvalue weighted by molar-refractivity contribution is 0.113. The van der Waals surface area contributed by atoms with Crippen molar-refractivity contribution >= 4 is 21.6 Å². The van der Waals surface area contributed by atoms with Gasteiger partial charge in [0.1, 0.15) is 5.75 Å². The zero-order valence-electron chi connectivity index (χ0n) is 16.1. The zero-order valence-corrected chi connectivity index (χ0v) is 17.7. The number of rotatable bonds is 7. The molecule has 0 aromatic heterocycles. The smallest absolute Gasteiger partial charge is 0.240 e. The molecule has 1 N–H and O–H groups in total. The molecule has 2 aromatic rings. The first kappa shape index (κ1) is 21.1. The normalized spacial score (nSPS) is 17.4. The Morgan fingerprint density at radius 1 is 1.04 bits per heavy atom. The SMILES string of the molecule is COc1ccc([C@@H](CNS(=O)(=O)c2ccc(Cl)cc2)N2CCN(C)CC2)cc1. The molecule has 0 saturated carbocycles. The molecule has 8 heteroatoms. The maximum absolute atomic E-state index is 12.7. The van der Waals surface area contributed by atoms with E-state index in [-0.39, 0.29) is 10.9 Å². The van der Waals surface area contributed by atoms with E-state index in [1.54, 1.807) is 19.2 Å². The number of halogens is 1. The van der Waals surface area contributed by atoms with E-state index in [0.29, 0.717) is 11.6 Å². The van der Waals surface area contributed by atoms with Crippen LogP contribution < -0.4 is 9.46 Å². The Morgan fingerprint density at radius 3 is 2.21 bits per heavy atom. The third-order valence-corrected chi connectivity index (χ3v) is 6.76. The lowest BCUT2D eigenvalue weighted by Gasteiger charge is -2.38. The van der Waals surface area contributed by atoms with Crippen LogP contribution in [0.15, 0.2) is 53.4 Å². The third-order valence-electron chi connectivity index (χ3n) is 5.07. The highest BCUT2D eigenvalue weighted by atomic mass is 35.5. The van der Waals surface area contributed by atoms with Gasteiger partial charge in [-0.05, 0) is 49.0 Å². The van der Waals surface area contributed by atoms with Crippen LogP contribution in [0.2, 0.25) is 5.02 Å². The number of nitrogens with zero attached hydrogens (tertiary/aromatic N) is 2. The molecule has 1 saturated heterocycles. The van der Waals surface area contributed by atoms with Crippen LogP contribution in [0.5, 0.6) is 5.75 Å². The van der Waals surface area contributed by atoms with Gasteiger partial charge in [-0.1, -0.05) is 23.7 Å². The minimum atomic E-state index is -3.61. The van der Waals surface area contributed by atoms with E-state index in [1.807, 2.05) is 24.3 Å². The van der Waals surface area contributed by atoms with Gasteiger partial charge in [-0.15, -0.1) is 0 Å². The molecule has 0 spiro atoms. The second-order valence-electron chi connectivity index (χ2n) is 6.93. The first-order valence-electron chi connectivity index (χ1n) is 9.21. The van der Waals surface area contributed by atoms with Crippen molar-refractivity contribution in [3.8, 4) is 5.75 Å². The van der Waals surface area contributed by atoms with Gasteiger partial charge in [0.2, 0.25) is 10.0 Å². The summed E-state index contributed by atoms with van der Waals surface area (Å²) in [6, 6.07) is 14.0. The largest absolute Gasteiger partial charge is 0.497 e. The van der Waals surface area contributed by atoms with Crippen LogP contribution in [0.4, 0.5) is 0 Å². The number of methoxy groups -OCH3 is 1. The topological polar surface area (TPSA) is 61.9 Å². The van der Waals surface area contributed by atoms with E-state index in [0.717, 1.165) is 37.5 Å². The fourth-order valence-corrected chi connectivity index (χ4v) is 4.47. The molecule has 2 aromatic carbocycles. The summed E-state index contributed by atoms with van der Waals surface area (Å²) in [7, 11) is 0.120. The highest BCUT2D eigenvalue weighted by molar-refractivity contribution is 7.89. The second kappa shape index (κ2) is 9.24. The summed E-state index contributed by atoms with van der Waals surface area (Å²) in [5, 5.41) is 0.507. The second-order valence-corrected chi connectivity index (χ2v) is 9.14. The van der Waals surface area contributed by atoms with E-state index in [4.69, 9.17) is 16.3 Å². The molecule has 6 nitrogen and oxygen atoms in total. The minimum absolute atomic E-state index is 0.0540. The van der Waals surface area contributed by atoms with Gasteiger partial charge in [-0.2, -0.15) is 0 Å². The maximum atomic E-state index is 12.7.